The van der Waals surface area contributed by atoms with Crippen LogP contribution in [0.4, 0.5) is 14.9 Å². The largest absolute Gasteiger partial charge is 0.375 e. The van der Waals surface area contributed by atoms with Crippen LogP contribution in [0.15, 0.2) is 18.2 Å². The zero-order valence-corrected chi connectivity index (χ0v) is 13.9. The summed E-state index contributed by atoms with van der Waals surface area (Å²) in [5.74, 6) is 0.623. The number of nitrogens with one attached hydrogen (secondary N) is 1. The van der Waals surface area contributed by atoms with Crippen molar-refractivity contribution in [1.82, 2.24) is 25.1 Å². The van der Waals surface area contributed by atoms with E-state index in [-0.39, 0.29) is 17.8 Å². The smallest absolute Gasteiger partial charge is 0.322 e. The van der Waals surface area contributed by atoms with E-state index in [1.807, 2.05) is 6.92 Å². The number of carbonyl (C=O) groups is 1. The van der Waals surface area contributed by atoms with Gasteiger partial charge in [-0.1, -0.05) is 0 Å². The molecule has 0 unspecified atom stereocenters. The fourth-order valence-corrected chi connectivity index (χ4v) is 2.91. The molecule has 1 atom stereocenters. The molecular formula is C16H19FN6O2. The molecule has 1 aliphatic carbocycles. The normalized spacial score (nSPS) is 20.6. The van der Waals surface area contributed by atoms with Crippen molar-refractivity contribution in [3.63, 3.8) is 0 Å². The number of aromatic nitrogens is 4. The van der Waals surface area contributed by atoms with Crippen LogP contribution in [0.3, 0.4) is 0 Å². The van der Waals surface area contributed by atoms with Crippen LogP contribution in [0.1, 0.15) is 31.5 Å². The highest BCUT2D eigenvalue weighted by atomic mass is 19.1. The van der Waals surface area contributed by atoms with Gasteiger partial charge in [-0.2, -0.15) is 4.68 Å². The van der Waals surface area contributed by atoms with Crippen molar-refractivity contribution in [2.75, 3.05) is 25.0 Å². The lowest BCUT2D eigenvalue weighted by Gasteiger charge is -2.31. The first-order valence-electron chi connectivity index (χ1n) is 8.37. The maximum absolute atomic E-state index is 14.2. The molecule has 4 rings (SSSR count). The Morgan fingerprint density at radius 3 is 3.00 bits per heavy atom. The van der Waals surface area contributed by atoms with Crippen molar-refractivity contribution >= 4 is 11.7 Å². The SMILES string of the molecule is C[C@@H]1CN(C(=O)Nc2cc(-n3nnnc3C3CC3)ccc2F)CCO1. The Labute approximate surface area is 143 Å². The first-order chi connectivity index (χ1) is 12.1. The summed E-state index contributed by atoms with van der Waals surface area (Å²) in [5.41, 5.74) is 0.734. The number of tetrazole rings is 1. The van der Waals surface area contributed by atoms with Gasteiger partial charge in [-0.05, 0) is 48.4 Å². The number of amides is 2. The number of rotatable bonds is 3. The van der Waals surface area contributed by atoms with E-state index in [1.165, 1.54) is 6.07 Å². The average molecular weight is 346 g/mol. The summed E-state index contributed by atoms with van der Waals surface area (Å²) < 4.78 is 21.2. The molecule has 1 aromatic carbocycles. The monoisotopic (exact) mass is 346 g/mol. The molecule has 132 valence electrons. The van der Waals surface area contributed by atoms with E-state index in [0.29, 0.717) is 31.3 Å². The van der Waals surface area contributed by atoms with Crippen molar-refractivity contribution < 1.29 is 13.9 Å². The maximum Gasteiger partial charge on any atom is 0.322 e. The zero-order valence-electron chi connectivity index (χ0n) is 13.9. The number of benzene rings is 1. The van der Waals surface area contributed by atoms with Gasteiger partial charge >= 0.3 is 6.03 Å². The van der Waals surface area contributed by atoms with Crippen molar-refractivity contribution in [2.45, 2.75) is 31.8 Å². The highest BCUT2D eigenvalue weighted by Gasteiger charge is 2.30. The zero-order chi connectivity index (χ0) is 17.4. The Morgan fingerprint density at radius 2 is 2.24 bits per heavy atom. The molecule has 2 aromatic rings. The summed E-state index contributed by atoms with van der Waals surface area (Å²) in [6, 6.07) is 4.12. The van der Waals surface area contributed by atoms with Gasteiger partial charge in [-0.25, -0.2) is 9.18 Å². The van der Waals surface area contributed by atoms with Gasteiger partial charge in [-0.3, -0.25) is 0 Å². The average Bonchev–Trinajstić information content (AvgIpc) is 3.34. The molecule has 2 aliphatic rings. The van der Waals surface area contributed by atoms with E-state index < -0.39 is 5.82 Å². The summed E-state index contributed by atoms with van der Waals surface area (Å²) in [5, 5.41) is 14.4. The van der Waals surface area contributed by atoms with Gasteiger partial charge in [0.2, 0.25) is 0 Å². The third-order valence-corrected chi connectivity index (χ3v) is 4.40. The lowest BCUT2D eigenvalue weighted by Crippen LogP contribution is -2.46. The van der Waals surface area contributed by atoms with Crippen LogP contribution in [0.25, 0.3) is 5.69 Å². The third kappa shape index (κ3) is 3.32. The van der Waals surface area contributed by atoms with Crippen LogP contribution in [0.2, 0.25) is 0 Å². The van der Waals surface area contributed by atoms with Crippen LogP contribution in [-0.4, -0.2) is 56.9 Å². The molecule has 1 saturated carbocycles. The maximum atomic E-state index is 14.2. The van der Waals surface area contributed by atoms with E-state index in [9.17, 15) is 9.18 Å². The predicted octanol–water partition coefficient (Wildman–Crippen LogP) is 1.93. The molecule has 1 aromatic heterocycles. The number of halogens is 1. The summed E-state index contributed by atoms with van der Waals surface area (Å²) in [7, 11) is 0. The van der Waals surface area contributed by atoms with Gasteiger partial charge in [0, 0.05) is 19.0 Å². The Hall–Kier alpha value is -2.55. The first kappa shape index (κ1) is 15.9. The number of anilines is 1. The summed E-state index contributed by atoms with van der Waals surface area (Å²) in [4.78, 5) is 14.0. The molecule has 0 radical (unpaired) electrons. The molecule has 1 saturated heterocycles. The quantitative estimate of drug-likeness (QED) is 0.918. The molecule has 1 N–H and O–H groups in total. The number of nitrogens with zero attached hydrogens (tertiary/aromatic N) is 5. The van der Waals surface area contributed by atoms with E-state index in [0.717, 1.165) is 18.7 Å². The molecule has 0 bridgehead atoms. The summed E-state index contributed by atoms with van der Waals surface area (Å²) in [6.07, 6.45) is 2.08. The highest BCUT2D eigenvalue weighted by molar-refractivity contribution is 5.89. The van der Waals surface area contributed by atoms with Crippen molar-refractivity contribution in [1.29, 1.82) is 0 Å². The fraction of sp³-hybridized carbons (Fsp3) is 0.500. The lowest BCUT2D eigenvalue weighted by atomic mass is 10.2. The molecule has 8 nitrogen and oxygen atoms in total. The second-order valence-electron chi connectivity index (χ2n) is 6.44. The van der Waals surface area contributed by atoms with Crippen molar-refractivity contribution in [3.8, 4) is 5.69 Å². The topological polar surface area (TPSA) is 85.2 Å². The minimum atomic E-state index is -0.501. The van der Waals surface area contributed by atoms with Crippen LogP contribution < -0.4 is 5.32 Å². The Morgan fingerprint density at radius 1 is 1.40 bits per heavy atom. The highest BCUT2D eigenvalue weighted by Crippen LogP contribution is 2.39. The molecule has 9 heteroatoms. The summed E-state index contributed by atoms with van der Waals surface area (Å²) >= 11 is 0. The van der Waals surface area contributed by atoms with Crippen LogP contribution >= 0.6 is 0 Å². The number of morpholine rings is 1. The fourth-order valence-electron chi connectivity index (χ4n) is 2.91. The van der Waals surface area contributed by atoms with Gasteiger partial charge in [0.1, 0.15) is 5.82 Å². The Balaban J connectivity index is 1.55. The van der Waals surface area contributed by atoms with Gasteiger partial charge in [0.15, 0.2) is 5.82 Å². The van der Waals surface area contributed by atoms with Gasteiger partial charge in [0.25, 0.3) is 0 Å². The van der Waals surface area contributed by atoms with E-state index >= 15 is 0 Å². The number of carbonyl (C=O) groups excluding carboxylic acids is 1. The number of urea groups is 1. The van der Waals surface area contributed by atoms with Crippen LogP contribution in [-0.2, 0) is 4.74 Å². The third-order valence-electron chi connectivity index (χ3n) is 4.40. The predicted molar refractivity (Wildman–Crippen MR) is 87.1 cm³/mol. The standard InChI is InChI=1S/C16H19FN6O2/c1-10-9-22(6-7-25-10)16(24)18-14-8-12(4-5-13(14)17)23-15(11-2-3-11)19-20-21-23/h4-5,8,10-11H,2-3,6-7,9H2,1H3,(H,18,24)/t10-/m1/s1. The first-order valence-corrected chi connectivity index (χ1v) is 8.37. The number of ether oxygens (including phenoxy) is 1. The Kier molecular flexibility index (Phi) is 4.08. The van der Waals surface area contributed by atoms with Crippen LogP contribution in [0, 0.1) is 5.82 Å². The van der Waals surface area contributed by atoms with E-state index in [2.05, 4.69) is 20.8 Å². The molecule has 0 spiro atoms. The molecule has 2 fully saturated rings. The Bertz CT molecular complexity index is 791. The molecular weight excluding hydrogens is 327 g/mol. The lowest BCUT2D eigenvalue weighted by molar-refractivity contribution is -0.00139. The van der Waals surface area contributed by atoms with Gasteiger partial charge in [0.05, 0.1) is 24.1 Å². The minimum Gasteiger partial charge on any atom is -0.375 e. The number of hydrogen-bond acceptors (Lipinski definition) is 5. The summed E-state index contributed by atoms with van der Waals surface area (Å²) in [6.45, 7) is 3.34. The van der Waals surface area contributed by atoms with Crippen LogP contribution in [0.5, 0.6) is 0 Å². The van der Waals surface area contributed by atoms with Crippen molar-refractivity contribution in [2.24, 2.45) is 0 Å². The second-order valence-corrected chi connectivity index (χ2v) is 6.44. The van der Waals surface area contributed by atoms with Gasteiger partial charge in [-0.15, -0.1) is 5.10 Å². The minimum absolute atomic E-state index is 0.0296. The van der Waals surface area contributed by atoms with Gasteiger partial charge < -0.3 is 15.0 Å². The van der Waals surface area contributed by atoms with E-state index in [4.69, 9.17) is 4.74 Å². The second kappa shape index (κ2) is 6.40. The van der Waals surface area contributed by atoms with Crippen molar-refractivity contribution in [3.05, 3.63) is 29.8 Å². The van der Waals surface area contributed by atoms with E-state index in [1.54, 1.807) is 21.7 Å². The molecule has 2 heterocycles. The molecule has 25 heavy (non-hydrogen) atoms. The number of hydrogen-bond donors (Lipinski definition) is 1. The molecule has 2 amide bonds. The molecule has 1 aliphatic heterocycles.